The first kappa shape index (κ1) is 15.1. The highest BCUT2D eigenvalue weighted by molar-refractivity contribution is 5.83. The van der Waals surface area contributed by atoms with E-state index in [9.17, 15) is 9.59 Å². The molecule has 3 amide bonds. The lowest BCUT2D eigenvalue weighted by atomic mass is 10.1. The van der Waals surface area contributed by atoms with E-state index in [2.05, 4.69) is 5.43 Å². The number of urea groups is 1. The topological polar surface area (TPSA) is 52.7 Å². The molecule has 0 radical (unpaired) electrons. The Morgan fingerprint density at radius 1 is 0.913 bits per heavy atom. The molecule has 2 aromatic carbocycles. The number of carbonyl (C=O) groups is 2. The van der Waals surface area contributed by atoms with Crippen LogP contribution in [0, 0.1) is 0 Å². The maximum absolute atomic E-state index is 12.3. The van der Waals surface area contributed by atoms with Gasteiger partial charge in [0.2, 0.25) is 5.91 Å². The minimum Gasteiger partial charge on any atom is -0.317 e. The van der Waals surface area contributed by atoms with E-state index in [1.165, 1.54) is 5.01 Å². The second kappa shape index (κ2) is 6.96. The number of rotatable bonds is 5. The van der Waals surface area contributed by atoms with E-state index in [0.717, 1.165) is 11.1 Å². The minimum absolute atomic E-state index is 0.157. The fourth-order valence-corrected chi connectivity index (χ4v) is 2.61. The Hall–Kier alpha value is -2.82. The second-order valence-electron chi connectivity index (χ2n) is 5.54. The third kappa shape index (κ3) is 3.88. The van der Waals surface area contributed by atoms with Crippen molar-refractivity contribution in [2.24, 2.45) is 0 Å². The average molecular weight is 309 g/mol. The lowest BCUT2D eigenvalue weighted by Gasteiger charge is -2.19. The van der Waals surface area contributed by atoms with Crippen LogP contribution in [0.5, 0.6) is 0 Å². The van der Waals surface area contributed by atoms with Gasteiger partial charge in [-0.05, 0) is 11.1 Å². The molecule has 1 saturated heterocycles. The Balaban J connectivity index is 1.54. The Kier molecular flexibility index (Phi) is 4.57. The van der Waals surface area contributed by atoms with Crippen LogP contribution in [0.1, 0.15) is 11.1 Å². The molecule has 2 aromatic rings. The van der Waals surface area contributed by atoms with Gasteiger partial charge in [-0.15, -0.1) is 0 Å². The number of nitrogens with zero attached hydrogens (tertiary/aromatic N) is 2. The Morgan fingerprint density at radius 3 is 2.17 bits per heavy atom. The van der Waals surface area contributed by atoms with Crippen LogP contribution in [0.25, 0.3) is 0 Å². The van der Waals surface area contributed by atoms with Crippen molar-refractivity contribution in [1.82, 2.24) is 15.3 Å². The van der Waals surface area contributed by atoms with Crippen molar-refractivity contribution in [3.05, 3.63) is 71.8 Å². The molecule has 3 rings (SSSR count). The van der Waals surface area contributed by atoms with Gasteiger partial charge < -0.3 is 4.90 Å². The monoisotopic (exact) mass is 309 g/mol. The summed E-state index contributed by atoms with van der Waals surface area (Å²) >= 11 is 0. The Morgan fingerprint density at radius 2 is 1.52 bits per heavy atom. The number of benzene rings is 2. The highest BCUT2D eigenvalue weighted by Gasteiger charge is 2.29. The first-order valence-electron chi connectivity index (χ1n) is 7.66. The summed E-state index contributed by atoms with van der Waals surface area (Å²) < 4.78 is 0. The van der Waals surface area contributed by atoms with Crippen molar-refractivity contribution in [1.29, 1.82) is 0 Å². The summed E-state index contributed by atoms with van der Waals surface area (Å²) in [7, 11) is 0. The van der Waals surface area contributed by atoms with Crippen LogP contribution >= 0.6 is 0 Å². The van der Waals surface area contributed by atoms with Crippen LogP contribution in [0.15, 0.2) is 60.7 Å². The van der Waals surface area contributed by atoms with E-state index in [-0.39, 0.29) is 18.4 Å². The number of amides is 3. The van der Waals surface area contributed by atoms with E-state index in [0.29, 0.717) is 19.6 Å². The molecule has 0 spiro atoms. The normalized spacial score (nSPS) is 14.2. The van der Waals surface area contributed by atoms with Gasteiger partial charge in [-0.3, -0.25) is 10.2 Å². The summed E-state index contributed by atoms with van der Waals surface area (Å²) in [4.78, 5) is 26.1. The minimum atomic E-state index is -0.175. The number of hydrogen-bond acceptors (Lipinski definition) is 2. The van der Waals surface area contributed by atoms with Gasteiger partial charge in [0, 0.05) is 13.1 Å². The number of hydrogen-bond donors (Lipinski definition) is 1. The van der Waals surface area contributed by atoms with Gasteiger partial charge in [0.25, 0.3) is 0 Å². The molecule has 1 fully saturated rings. The molecule has 0 aromatic heterocycles. The number of nitrogens with one attached hydrogen (secondary N) is 1. The number of carbonyl (C=O) groups excluding carboxylic acids is 2. The summed E-state index contributed by atoms with van der Waals surface area (Å²) in [5, 5.41) is 1.40. The van der Waals surface area contributed by atoms with Crippen molar-refractivity contribution in [3.63, 3.8) is 0 Å². The molecule has 0 atom stereocenters. The van der Waals surface area contributed by atoms with Crippen LogP contribution in [0.2, 0.25) is 0 Å². The van der Waals surface area contributed by atoms with Crippen LogP contribution < -0.4 is 5.43 Å². The van der Waals surface area contributed by atoms with Crippen molar-refractivity contribution in [2.75, 3.05) is 13.1 Å². The molecule has 0 aliphatic carbocycles. The van der Waals surface area contributed by atoms with Crippen LogP contribution in [0.4, 0.5) is 4.79 Å². The smallest absolute Gasteiger partial charge is 0.317 e. The van der Waals surface area contributed by atoms with Crippen LogP contribution in [-0.2, 0) is 17.8 Å². The summed E-state index contributed by atoms with van der Waals surface area (Å²) in [6.45, 7) is 1.68. The van der Waals surface area contributed by atoms with Crippen LogP contribution in [0.3, 0.4) is 0 Å². The summed E-state index contributed by atoms with van der Waals surface area (Å²) in [6.07, 6.45) is 0.267. The van der Waals surface area contributed by atoms with E-state index < -0.39 is 0 Å². The zero-order valence-electron chi connectivity index (χ0n) is 12.8. The van der Waals surface area contributed by atoms with Gasteiger partial charge in [0.05, 0.1) is 13.0 Å². The fourth-order valence-electron chi connectivity index (χ4n) is 2.61. The first-order chi connectivity index (χ1) is 11.2. The Bertz CT molecular complexity index is 673. The van der Waals surface area contributed by atoms with Crippen molar-refractivity contribution >= 4 is 11.9 Å². The molecule has 0 saturated carbocycles. The third-order valence-electron chi connectivity index (χ3n) is 3.78. The molecule has 1 heterocycles. The lowest BCUT2D eigenvalue weighted by molar-refractivity contribution is -0.123. The highest BCUT2D eigenvalue weighted by Crippen LogP contribution is 2.12. The van der Waals surface area contributed by atoms with Crippen LogP contribution in [-0.4, -0.2) is 34.9 Å². The van der Waals surface area contributed by atoms with Gasteiger partial charge in [0.1, 0.15) is 0 Å². The predicted octanol–water partition coefficient (Wildman–Crippen LogP) is 2.20. The maximum atomic E-state index is 12.3. The Labute approximate surface area is 135 Å². The standard InChI is InChI=1S/C18H19N3O2/c22-17(13-15-7-3-1-4-8-15)19-21-12-11-20(18(21)23)14-16-9-5-2-6-10-16/h1-10H,11-14H2,(H,19,22). The molecule has 118 valence electrons. The average Bonchev–Trinajstić information content (AvgIpc) is 2.90. The van der Waals surface area contributed by atoms with Crippen molar-refractivity contribution < 1.29 is 9.59 Å². The molecule has 5 nitrogen and oxygen atoms in total. The molecular weight excluding hydrogens is 290 g/mol. The summed E-state index contributed by atoms with van der Waals surface area (Å²) in [6, 6.07) is 19.2. The molecular formula is C18H19N3O2. The molecule has 0 unspecified atom stereocenters. The molecule has 1 aliphatic rings. The quantitative estimate of drug-likeness (QED) is 0.920. The molecule has 0 bridgehead atoms. The van der Waals surface area contributed by atoms with Gasteiger partial charge in [-0.25, -0.2) is 9.80 Å². The predicted molar refractivity (Wildman–Crippen MR) is 87.2 cm³/mol. The third-order valence-corrected chi connectivity index (χ3v) is 3.78. The maximum Gasteiger partial charge on any atom is 0.339 e. The molecule has 5 heteroatoms. The molecule has 1 aliphatic heterocycles. The van der Waals surface area contributed by atoms with E-state index >= 15 is 0 Å². The van der Waals surface area contributed by atoms with E-state index in [1.54, 1.807) is 4.90 Å². The largest absolute Gasteiger partial charge is 0.339 e. The number of hydrazine groups is 1. The first-order valence-corrected chi connectivity index (χ1v) is 7.66. The SMILES string of the molecule is O=C(Cc1ccccc1)NN1CCN(Cc2ccccc2)C1=O. The second-order valence-corrected chi connectivity index (χ2v) is 5.54. The van der Waals surface area contributed by atoms with Gasteiger partial charge in [-0.1, -0.05) is 60.7 Å². The lowest BCUT2D eigenvalue weighted by Crippen LogP contribution is -2.45. The highest BCUT2D eigenvalue weighted by atomic mass is 16.2. The zero-order chi connectivity index (χ0) is 16.1. The van der Waals surface area contributed by atoms with Gasteiger partial charge in [-0.2, -0.15) is 0 Å². The summed E-state index contributed by atoms with van der Waals surface area (Å²) in [5.41, 5.74) is 4.71. The van der Waals surface area contributed by atoms with Gasteiger partial charge >= 0.3 is 6.03 Å². The summed E-state index contributed by atoms with van der Waals surface area (Å²) in [5.74, 6) is -0.175. The van der Waals surface area contributed by atoms with E-state index in [1.807, 2.05) is 60.7 Å². The molecule has 23 heavy (non-hydrogen) atoms. The van der Waals surface area contributed by atoms with Crippen molar-refractivity contribution in [3.8, 4) is 0 Å². The van der Waals surface area contributed by atoms with Crippen molar-refractivity contribution in [2.45, 2.75) is 13.0 Å². The molecule has 1 N–H and O–H groups in total. The van der Waals surface area contributed by atoms with Gasteiger partial charge in [0.15, 0.2) is 0 Å². The van der Waals surface area contributed by atoms with E-state index in [4.69, 9.17) is 0 Å². The zero-order valence-corrected chi connectivity index (χ0v) is 12.8. The fraction of sp³-hybridized carbons (Fsp3) is 0.222.